The first kappa shape index (κ1) is 19.8. The molecule has 3 aromatic rings. The van der Waals surface area contributed by atoms with Gasteiger partial charge in [-0.25, -0.2) is 0 Å². The minimum Gasteiger partial charge on any atom is -0.497 e. The third-order valence-corrected chi connectivity index (χ3v) is 5.22. The van der Waals surface area contributed by atoms with Gasteiger partial charge >= 0.3 is 6.01 Å². The molecule has 156 valence electrons. The minimum absolute atomic E-state index is 0.0207. The van der Waals surface area contributed by atoms with Crippen molar-refractivity contribution in [3.05, 3.63) is 48.5 Å². The number of rotatable bonds is 6. The van der Waals surface area contributed by atoms with Gasteiger partial charge < -0.3 is 24.1 Å². The summed E-state index contributed by atoms with van der Waals surface area (Å²) in [6, 6.07) is 15.3. The number of aromatic nitrogens is 2. The van der Waals surface area contributed by atoms with E-state index in [2.05, 4.69) is 15.5 Å². The van der Waals surface area contributed by atoms with E-state index in [1.165, 1.54) is 0 Å². The Morgan fingerprint density at radius 2 is 1.77 bits per heavy atom. The van der Waals surface area contributed by atoms with E-state index in [-0.39, 0.29) is 11.8 Å². The molecule has 1 aliphatic heterocycles. The molecule has 4 rings (SSSR count). The summed E-state index contributed by atoms with van der Waals surface area (Å²) in [5, 5.41) is 11.3. The molecule has 0 aliphatic carbocycles. The molecule has 0 bridgehead atoms. The zero-order valence-corrected chi connectivity index (χ0v) is 17.0. The first-order chi connectivity index (χ1) is 14.7. The Balaban J connectivity index is 1.34. The Bertz CT molecular complexity index is 994. The maximum Gasteiger partial charge on any atom is 0.318 e. The molecule has 0 saturated carbocycles. The lowest BCUT2D eigenvalue weighted by Gasteiger charge is -2.29. The van der Waals surface area contributed by atoms with Crippen LogP contribution in [-0.4, -0.2) is 43.4 Å². The molecule has 0 atom stereocenters. The molecule has 1 saturated heterocycles. The quantitative estimate of drug-likeness (QED) is 0.666. The lowest BCUT2D eigenvalue weighted by atomic mass is 9.96. The van der Waals surface area contributed by atoms with Gasteiger partial charge in [0.2, 0.25) is 11.8 Å². The van der Waals surface area contributed by atoms with Crippen LogP contribution in [0.25, 0.3) is 11.5 Å². The number of anilines is 2. The predicted octanol–water partition coefficient (Wildman–Crippen LogP) is 3.61. The van der Waals surface area contributed by atoms with Crippen molar-refractivity contribution in [2.75, 3.05) is 37.5 Å². The standard InChI is InChI=1S/C22H24N4O4/c1-28-18-8-6-16(7-9-18)21-24-25-22(30-21)26-12-10-15(11-13-26)20(27)23-17-4-3-5-19(14-17)29-2/h3-9,14-15H,10-13H2,1-2H3,(H,23,27). The number of carbonyl (C=O) groups excluding carboxylic acids is 1. The molecule has 1 fully saturated rings. The van der Waals surface area contributed by atoms with E-state index in [1.807, 2.05) is 53.4 Å². The lowest BCUT2D eigenvalue weighted by Crippen LogP contribution is -2.38. The zero-order valence-electron chi connectivity index (χ0n) is 17.0. The summed E-state index contributed by atoms with van der Waals surface area (Å²) in [5.41, 5.74) is 1.57. The molecular formula is C22H24N4O4. The largest absolute Gasteiger partial charge is 0.497 e. The molecule has 1 aliphatic rings. The Labute approximate surface area is 174 Å². The van der Waals surface area contributed by atoms with Crippen LogP contribution in [0.1, 0.15) is 12.8 Å². The molecule has 30 heavy (non-hydrogen) atoms. The van der Waals surface area contributed by atoms with E-state index in [4.69, 9.17) is 13.9 Å². The Hall–Kier alpha value is -3.55. The molecular weight excluding hydrogens is 384 g/mol. The second-order valence-corrected chi connectivity index (χ2v) is 7.10. The van der Waals surface area contributed by atoms with Crippen LogP contribution in [0.3, 0.4) is 0 Å². The van der Waals surface area contributed by atoms with Gasteiger partial charge in [0.1, 0.15) is 11.5 Å². The summed E-state index contributed by atoms with van der Waals surface area (Å²) in [4.78, 5) is 14.6. The molecule has 0 unspecified atom stereocenters. The molecule has 1 N–H and O–H groups in total. The number of hydrogen-bond acceptors (Lipinski definition) is 7. The molecule has 1 amide bonds. The monoisotopic (exact) mass is 408 g/mol. The van der Waals surface area contributed by atoms with Gasteiger partial charge in [0.15, 0.2) is 0 Å². The van der Waals surface area contributed by atoms with Gasteiger partial charge in [-0.05, 0) is 49.2 Å². The van der Waals surface area contributed by atoms with Crippen molar-refractivity contribution in [3.63, 3.8) is 0 Å². The van der Waals surface area contributed by atoms with Gasteiger partial charge in [-0.2, -0.15) is 0 Å². The number of piperidine rings is 1. The average molecular weight is 408 g/mol. The van der Waals surface area contributed by atoms with Crippen molar-refractivity contribution < 1.29 is 18.7 Å². The highest BCUT2D eigenvalue weighted by atomic mass is 16.5. The van der Waals surface area contributed by atoms with Crippen LogP contribution in [0.4, 0.5) is 11.7 Å². The first-order valence-corrected chi connectivity index (χ1v) is 9.84. The van der Waals surface area contributed by atoms with Crippen LogP contribution in [0, 0.1) is 5.92 Å². The number of nitrogens with one attached hydrogen (secondary N) is 1. The van der Waals surface area contributed by atoms with E-state index >= 15 is 0 Å². The third-order valence-electron chi connectivity index (χ3n) is 5.22. The van der Waals surface area contributed by atoms with Gasteiger partial charge in [-0.15, -0.1) is 5.10 Å². The van der Waals surface area contributed by atoms with Crippen LogP contribution in [0.15, 0.2) is 52.9 Å². The van der Waals surface area contributed by atoms with Crippen molar-refractivity contribution in [2.24, 2.45) is 5.92 Å². The van der Waals surface area contributed by atoms with Gasteiger partial charge in [0, 0.05) is 36.3 Å². The maximum atomic E-state index is 12.6. The summed E-state index contributed by atoms with van der Waals surface area (Å²) in [6.07, 6.45) is 1.44. The molecule has 2 aromatic carbocycles. The predicted molar refractivity (Wildman–Crippen MR) is 113 cm³/mol. The number of benzene rings is 2. The fourth-order valence-electron chi connectivity index (χ4n) is 3.47. The summed E-state index contributed by atoms with van der Waals surface area (Å²) in [7, 11) is 3.23. The molecule has 0 radical (unpaired) electrons. The highest BCUT2D eigenvalue weighted by molar-refractivity contribution is 5.92. The first-order valence-electron chi connectivity index (χ1n) is 9.84. The minimum atomic E-state index is -0.0589. The van der Waals surface area contributed by atoms with E-state index in [9.17, 15) is 4.79 Å². The third kappa shape index (κ3) is 4.37. The fourth-order valence-corrected chi connectivity index (χ4v) is 3.47. The number of nitrogens with zero attached hydrogens (tertiary/aromatic N) is 3. The van der Waals surface area contributed by atoms with Gasteiger partial charge in [-0.3, -0.25) is 4.79 Å². The molecule has 0 spiro atoms. The van der Waals surface area contributed by atoms with Crippen molar-refractivity contribution in [3.8, 4) is 23.0 Å². The van der Waals surface area contributed by atoms with Gasteiger partial charge in [-0.1, -0.05) is 11.2 Å². The van der Waals surface area contributed by atoms with Crippen molar-refractivity contribution >= 4 is 17.6 Å². The van der Waals surface area contributed by atoms with E-state index in [0.29, 0.717) is 30.7 Å². The van der Waals surface area contributed by atoms with E-state index in [0.717, 1.165) is 29.8 Å². The average Bonchev–Trinajstić information content (AvgIpc) is 3.29. The maximum absolute atomic E-state index is 12.6. The smallest absolute Gasteiger partial charge is 0.318 e. The Kier molecular flexibility index (Phi) is 5.83. The van der Waals surface area contributed by atoms with Crippen molar-refractivity contribution in [1.29, 1.82) is 0 Å². The number of hydrogen-bond donors (Lipinski definition) is 1. The van der Waals surface area contributed by atoms with Crippen molar-refractivity contribution in [2.45, 2.75) is 12.8 Å². The Morgan fingerprint density at radius 1 is 1.03 bits per heavy atom. The number of amides is 1. The van der Waals surface area contributed by atoms with Crippen LogP contribution < -0.4 is 19.7 Å². The number of carbonyl (C=O) groups is 1. The second kappa shape index (κ2) is 8.86. The van der Waals surface area contributed by atoms with Gasteiger partial charge in [0.05, 0.1) is 14.2 Å². The zero-order chi connectivity index (χ0) is 20.9. The fraction of sp³-hybridized carbons (Fsp3) is 0.318. The highest BCUT2D eigenvalue weighted by Crippen LogP contribution is 2.27. The van der Waals surface area contributed by atoms with Crippen molar-refractivity contribution in [1.82, 2.24) is 10.2 Å². The number of methoxy groups -OCH3 is 2. The molecule has 1 aromatic heterocycles. The van der Waals surface area contributed by atoms with Crippen LogP contribution in [0.5, 0.6) is 11.5 Å². The Morgan fingerprint density at radius 3 is 2.47 bits per heavy atom. The molecule has 8 nitrogen and oxygen atoms in total. The normalized spacial score (nSPS) is 14.4. The van der Waals surface area contributed by atoms with Crippen LogP contribution in [0.2, 0.25) is 0 Å². The van der Waals surface area contributed by atoms with E-state index in [1.54, 1.807) is 14.2 Å². The SMILES string of the molecule is COc1ccc(-c2nnc(N3CCC(C(=O)Nc4cccc(OC)c4)CC3)o2)cc1. The lowest BCUT2D eigenvalue weighted by molar-refractivity contribution is -0.120. The highest BCUT2D eigenvalue weighted by Gasteiger charge is 2.27. The molecule has 8 heteroatoms. The summed E-state index contributed by atoms with van der Waals surface area (Å²) in [5.74, 6) is 1.91. The van der Waals surface area contributed by atoms with Crippen LogP contribution >= 0.6 is 0 Å². The topological polar surface area (TPSA) is 89.7 Å². The number of ether oxygens (including phenoxy) is 2. The van der Waals surface area contributed by atoms with Gasteiger partial charge in [0.25, 0.3) is 0 Å². The summed E-state index contributed by atoms with van der Waals surface area (Å²) < 4.78 is 16.2. The molecule has 2 heterocycles. The summed E-state index contributed by atoms with van der Waals surface area (Å²) in [6.45, 7) is 1.36. The second-order valence-electron chi connectivity index (χ2n) is 7.10. The van der Waals surface area contributed by atoms with E-state index < -0.39 is 0 Å². The summed E-state index contributed by atoms with van der Waals surface area (Å²) >= 11 is 0. The van der Waals surface area contributed by atoms with Crippen LogP contribution in [-0.2, 0) is 4.79 Å².